The van der Waals surface area contributed by atoms with Crippen molar-refractivity contribution in [2.45, 2.75) is 13.0 Å². The average Bonchev–Trinajstić information content (AvgIpc) is 3.19. The van der Waals surface area contributed by atoms with Crippen LogP contribution in [0.2, 0.25) is 5.02 Å². The summed E-state index contributed by atoms with van der Waals surface area (Å²) in [4.78, 5) is 21.3. The summed E-state index contributed by atoms with van der Waals surface area (Å²) in [5.74, 6) is -2.51. The molecule has 2 aromatic carbocycles. The first-order valence-corrected chi connectivity index (χ1v) is 9.83. The van der Waals surface area contributed by atoms with E-state index < -0.39 is 11.9 Å². The van der Waals surface area contributed by atoms with E-state index in [4.69, 9.17) is 21.8 Å². The molecule has 0 saturated heterocycles. The van der Waals surface area contributed by atoms with Crippen molar-refractivity contribution < 1.29 is 19.8 Å². The molecule has 6 nitrogen and oxygen atoms in total. The summed E-state index contributed by atoms with van der Waals surface area (Å²) in [6, 6.07) is 15.0. The summed E-state index contributed by atoms with van der Waals surface area (Å²) in [6.07, 6.45) is 2.16. The molecule has 1 aliphatic heterocycles. The van der Waals surface area contributed by atoms with Gasteiger partial charge in [-0.15, -0.1) is 0 Å². The van der Waals surface area contributed by atoms with E-state index in [1.807, 2.05) is 6.07 Å². The Morgan fingerprint density at radius 2 is 1.77 bits per heavy atom. The highest BCUT2D eigenvalue weighted by molar-refractivity contribution is 6.31. The number of fused-ring (bicyclic) bond motifs is 5. The highest BCUT2D eigenvalue weighted by Gasteiger charge is 2.25. The summed E-state index contributed by atoms with van der Waals surface area (Å²) >= 11 is 6.26. The van der Waals surface area contributed by atoms with Gasteiger partial charge in [0.05, 0.1) is 5.69 Å². The number of benzene rings is 2. The second-order valence-electron chi connectivity index (χ2n) is 7.30. The van der Waals surface area contributed by atoms with Gasteiger partial charge in [-0.05, 0) is 49.8 Å². The SMILES string of the molecule is CN(C)CCc1c2n(c3ccc(Cl)cc13)Cc1ccccc1-2.O=C(O)/C=C\C(=O)O. The van der Waals surface area contributed by atoms with Crippen LogP contribution in [0.1, 0.15) is 11.1 Å². The van der Waals surface area contributed by atoms with Gasteiger partial charge in [0.15, 0.2) is 0 Å². The number of likely N-dealkylation sites (N-methyl/N-ethyl adjacent to an activating group) is 1. The van der Waals surface area contributed by atoms with E-state index in [1.54, 1.807) is 0 Å². The summed E-state index contributed by atoms with van der Waals surface area (Å²) in [6.45, 7) is 2.01. The first-order valence-electron chi connectivity index (χ1n) is 9.45. The number of nitrogens with zero attached hydrogens (tertiary/aromatic N) is 2. The molecule has 0 bridgehead atoms. The highest BCUT2D eigenvalue weighted by atomic mass is 35.5. The maximum atomic E-state index is 9.55. The second-order valence-corrected chi connectivity index (χ2v) is 7.73. The number of carboxylic acid groups (broad SMARTS) is 2. The molecule has 0 fully saturated rings. The topological polar surface area (TPSA) is 82.8 Å². The predicted octanol–water partition coefficient (Wildman–Crippen LogP) is 4.14. The molecule has 0 amide bonds. The van der Waals surface area contributed by atoms with E-state index in [0.29, 0.717) is 12.2 Å². The van der Waals surface area contributed by atoms with Gasteiger partial charge >= 0.3 is 11.9 Å². The van der Waals surface area contributed by atoms with Crippen molar-refractivity contribution in [2.24, 2.45) is 0 Å². The number of hydrogen-bond donors (Lipinski definition) is 2. The van der Waals surface area contributed by atoms with Gasteiger partial charge in [-0.2, -0.15) is 0 Å². The molecule has 2 N–H and O–H groups in total. The molecule has 2 heterocycles. The number of aromatic nitrogens is 1. The zero-order valence-electron chi connectivity index (χ0n) is 16.8. The van der Waals surface area contributed by atoms with Crippen LogP contribution < -0.4 is 0 Å². The van der Waals surface area contributed by atoms with Crippen LogP contribution >= 0.6 is 11.6 Å². The maximum Gasteiger partial charge on any atom is 0.328 e. The fourth-order valence-electron chi connectivity index (χ4n) is 3.66. The van der Waals surface area contributed by atoms with Gasteiger partial charge < -0.3 is 19.7 Å². The minimum absolute atomic E-state index is 0.558. The zero-order valence-corrected chi connectivity index (χ0v) is 17.6. The van der Waals surface area contributed by atoms with Gasteiger partial charge in [0, 0.05) is 46.7 Å². The highest BCUT2D eigenvalue weighted by Crippen LogP contribution is 2.41. The smallest absolute Gasteiger partial charge is 0.328 e. The molecule has 0 atom stereocenters. The largest absolute Gasteiger partial charge is 0.478 e. The monoisotopic (exact) mass is 426 g/mol. The van der Waals surface area contributed by atoms with Crippen LogP contribution in [-0.2, 0) is 22.6 Å². The van der Waals surface area contributed by atoms with E-state index in [0.717, 1.165) is 24.5 Å². The van der Waals surface area contributed by atoms with E-state index in [-0.39, 0.29) is 0 Å². The van der Waals surface area contributed by atoms with Crippen LogP contribution in [0.3, 0.4) is 0 Å². The minimum Gasteiger partial charge on any atom is -0.478 e. The van der Waals surface area contributed by atoms with Crippen molar-refractivity contribution >= 4 is 34.4 Å². The van der Waals surface area contributed by atoms with Gasteiger partial charge in [0.2, 0.25) is 0 Å². The van der Waals surface area contributed by atoms with E-state index >= 15 is 0 Å². The second kappa shape index (κ2) is 9.15. The summed E-state index contributed by atoms with van der Waals surface area (Å²) in [7, 11) is 4.25. The molecule has 0 radical (unpaired) electrons. The molecule has 7 heteroatoms. The Hall–Kier alpha value is -3.09. The van der Waals surface area contributed by atoms with Crippen molar-refractivity contribution in [1.29, 1.82) is 0 Å². The van der Waals surface area contributed by atoms with Crippen LogP contribution in [0.4, 0.5) is 0 Å². The summed E-state index contributed by atoms with van der Waals surface area (Å²) in [5, 5.41) is 17.7. The molecule has 0 spiro atoms. The first-order chi connectivity index (χ1) is 14.3. The zero-order chi connectivity index (χ0) is 21.8. The fourth-order valence-corrected chi connectivity index (χ4v) is 3.83. The Morgan fingerprint density at radius 1 is 1.10 bits per heavy atom. The van der Waals surface area contributed by atoms with Gasteiger partial charge in [0.25, 0.3) is 0 Å². The lowest BCUT2D eigenvalue weighted by molar-refractivity contribution is -0.134. The van der Waals surface area contributed by atoms with E-state index in [2.05, 4.69) is 60.0 Å². The molecular formula is C23H23ClN2O4. The number of halogens is 1. The Labute approximate surface area is 179 Å². The lowest BCUT2D eigenvalue weighted by atomic mass is 10.0. The number of carbonyl (C=O) groups is 2. The molecule has 0 aliphatic carbocycles. The summed E-state index contributed by atoms with van der Waals surface area (Å²) < 4.78 is 2.45. The van der Waals surface area contributed by atoms with Crippen LogP contribution in [0.15, 0.2) is 54.6 Å². The van der Waals surface area contributed by atoms with Crippen molar-refractivity contribution in [3.05, 3.63) is 70.8 Å². The van der Waals surface area contributed by atoms with Crippen molar-refractivity contribution in [1.82, 2.24) is 9.47 Å². The van der Waals surface area contributed by atoms with Crippen molar-refractivity contribution in [2.75, 3.05) is 20.6 Å². The van der Waals surface area contributed by atoms with Gasteiger partial charge in [-0.3, -0.25) is 0 Å². The molecular weight excluding hydrogens is 404 g/mol. The Bertz CT molecular complexity index is 1120. The van der Waals surface area contributed by atoms with Crippen LogP contribution in [0.25, 0.3) is 22.2 Å². The molecule has 30 heavy (non-hydrogen) atoms. The summed E-state index contributed by atoms with van der Waals surface area (Å²) in [5.41, 5.74) is 6.90. The molecule has 3 aromatic rings. The molecule has 156 valence electrons. The average molecular weight is 427 g/mol. The number of rotatable bonds is 5. The van der Waals surface area contributed by atoms with Crippen LogP contribution in [0.5, 0.6) is 0 Å². The van der Waals surface area contributed by atoms with Gasteiger partial charge in [-0.25, -0.2) is 9.59 Å². The lowest BCUT2D eigenvalue weighted by Crippen LogP contribution is -2.15. The lowest BCUT2D eigenvalue weighted by Gasteiger charge is -2.10. The molecule has 0 unspecified atom stereocenters. The normalized spacial score (nSPS) is 12.0. The van der Waals surface area contributed by atoms with E-state index in [1.165, 1.54) is 33.3 Å². The Morgan fingerprint density at radius 3 is 2.40 bits per heavy atom. The standard InChI is InChI=1S/C19H19ClN2.C4H4O4/c1-21(2)10-9-16-17-11-14(20)7-8-18(17)22-12-13-5-3-4-6-15(13)19(16)22;5-3(6)1-2-4(7)8/h3-8,11H,9-10,12H2,1-2H3;1-2H,(H,5,6)(H,7,8)/b;2-1-. The fraction of sp³-hybridized carbons (Fsp3) is 0.217. The number of hydrogen-bond acceptors (Lipinski definition) is 3. The molecule has 1 aliphatic rings. The van der Waals surface area contributed by atoms with E-state index in [9.17, 15) is 9.59 Å². The Balaban J connectivity index is 0.000000275. The van der Waals surface area contributed by atoms with Crippen molar-refractivity contribution in [3.63, 3.8) is 0 Å². The van der Waals surface area contributed by atoms with Crippen LogP contribution in [-0.4, -0.2) is 52.3 Å². The third-order valence-corrected chi connectivity index (χ3v) is 5.14. The minimum atomic E-state index is -1.26. The molecule has 0 saturated carbocycles. The quantitative estimate of drug-likeness (QED) is 0.469. The van der Waals surface area contributed by atoms with Gasteiger partial charge in [-0.1, -0.05) is 35.9 Å². The number of carboxylic acids is 2. The Kier molecular flexibility index (Phi) is 6.59. The van der Waals surface area contributed by atoms with Crippen LogP contribution in [0, 0.1) is 0 Å². The van der Waals surface area contributed by atoms with Gasteiger partial charge in [0.1, 0.15) is 0 Å². The van der Waals surface area contributed by atoms with Crippen molar-refractivity contribution in [3.8, 4) is 11.3 Å². The molecule has 1 aromatic heterocycles. The first kappa shape index (κ1) is 21.6. The third kappa shape index (κ3) is 4.72. The molecule has 4 rings (SSSR count). The maximum absolute atomic E-state index is 9.55. The number of aliphatic carboxylic acids is 2. The predicted molar refractivity (Wildman–Crippen MR) is 118 cm³/mol. The third-order valence-electron chi connectivity index (χ3n) is 4.91.